The second-order valence-electron chi connectivity index (χ2n) is 6.51. The summed E-state index contributed by atoms with van der Waals surface area (Å²) in [6, 6.07) is 1.96. The number of aromatic nitrogens is 3. The number of nitrogens with one attached hydrogen (secondary N) is 1. The van der Waals surface area contributed by atoms with E-state index in [-0.39, 0.29) is 5.91 Å². The van der Waals surface area contributed by atoms with Crippen molar-refractivity contribution in [2.24, 2.45) is 5.41 Å². The van der Waals surface area contributed by atoms with E-state index < -0.39 is 5.41 Å². The van der Waals surface area contributed by atoms with Crippen LogP contribution in [-0.2, 0) is 4.79 Å². The number of carbonyl (C=O) groups is 1. The lowest BCUT2D eigenvalue weighted by Gasteiger charge is -2.39. The summed E-state index contributed by atoms with van der Waals surface area (Å²) < 4.78 is 0. The smallest absolute Gasteiger partial charge is 0.233 e. The van der Waals surface area contributed by atoms with E-state index in [4.69, 9.17) is 0 Å². The van der Waals surface area contributed by atoms with Gasteiger partial charge in [-0.15, -0.1) is 11.3 Å². The Balaban J connectivity index is 1.75. The second-order valence-corrected chi connectivity index (χ2v) is 7.40. The molecule has 1 fully saturated rings. The molecule has 0 aromatic carbocycles. The van der Waals surface area contributed by atoms with Gasteiger partial charge in [0, 0.05) is 44.8 Å². The van der Waals surface area contributed by atoms with E-state index in [1.54, 1.807) is 12.5 Å². The van der Waals surface area contributed by atoms with Crippen molar-refractivity contribution in [1.82, 2.24) is 15.0 Å². The van der Waals surface area contributed by atoms with Gasteiger partial charge in [-0.3, -0.25) is 4.79 Å². The molecule has 1 saturated heterocycles. The molecule has 7 nitrogen and oxygen atoms in total. The summed E-state index contributed by atoms with van der Waals surface area (Å²) in [6.45, 7) is 3.54. The van der Waals surface area contributed by atoms with Crippen molar-refractivity contribution in [2.75, 3.05) is 42.3 Å². The summed E-state index contributed by atoms with van der Waals surface area (Å²) in [6.07, 6.45) is 5.07. The largest absolute Gasteiger partial charge is 0.363 e. The first-order valence-electron chi connectivity index (χ1n) is 7.93. The minimum Gasteiger partial charge on any atom is -0.363 e. The first-order valence-corrected chi connectivity index (χ1v) is 8.81. The van der Waals surface area contributed by atoms with Crippen LogP contribution in [0.4, 0.5) is 16.8 Å². The predicted molar refractivity (Wildman–Crippen MR) is 96.7 cm³/mol. The molecule has 1 amide bonds. The first-order chi connectivity index (χ1) is 11.5. The van der Waals surface area contributed by atoms with E-state index in [0.29, 0.717) is 11.7 Å². The van der Waals surface area contributed by atoms with Gasteiger partial charge in [-0.05, 0) is 19.8 Å². The third-order valence-corrected chi connectivity index (χ3v) is 5.01. The Morgan fingerprint density at radius 2 is 2.21 bits per heavy atom. The SMILES string of the molecule is CN(C)c1cc(N2CCCC(C)(C(=O)Nc3nccs3)C2)ncn1. The topological polar surface area (TPSA) is 74.2 Å². The van der Waals surface area contributed by atoms with Crippen LogP contribution in [0.15, 0.2) is 24.0 Å². The van der Waals surface area contributed by atoms with E-state index in [2.05, 4.69) is 25.2 Å². The Bertz CT molecular complexity index is 704. The monoisotopic (exact) mass is 346 g/mol. The molecule has 128 valence electrons. The molecule has 0 spiro atoms. The molecule has 3 heterocycles. The summed E-state index contributed by atoms with van der Waals surface area (Å²) in [5.74, 6) is 1.74. The highest BCUT2D eigenvalue weighted by Gasteiger charge is 2.38. The van der Waals surface area contributed by atoms with E-state index >= 15 is 0 Å². The molecule has 0 radical (unpaired) electrons. The van der Waals surface area contributed by atoms with Crippen LogP contribution < -0.4 is 15.1 Å². The van der Waals surface area contributed by atoms with E-state index in [0.717, 1.165) is 31.0 Å². The zero-order valence-electron chi connectivity index (χ0n) is 14.2. The molecular formula is C16H22N6OS. The van der Waals surface area contributed by atoms with Gasteiger partial charge in [-0.25, -0.2) is 15.0 Å². The van der Waals surface area contributed by atoms with E-state index in [1.165, 1.54) is 11.3 Å². The number of piperidine rings is 1. The second kappa shape index (κ2) is 6.72. The van der Waals surface area contributed by atoms with Crippen molar-refractivity contribution in [3.05, 3.63) is 24.0 Å². The molecule has 2 aromatic rings. The van der Waals surface area contributed by atoms with Crippen molar-refractivity contribution in [2.45, 2.75) is 19.8 Å². The lowest BCUT2D eigenvalue weighted by molar-refractivity contribution is -0.125. The molecule has 3 rings (SSSR count). The highest BCUT2D eigenvalue weighted by molar-refractivity contribution is 7.13. The van der Waals surface area contributed by atoms with Crippen molar-refractivity contribution in [1.29, 1.82) is 0 Å². The van der Waals surface area contributed by atoms with Gasteiger partial charge in [0.2, 0.25) is 5.91 Å². The van der Waals surface area contributed by atoms with Crippen LogP contribution in [0.5, 0.6) is 0 Å². The minimum absolute atomic E-state index is 0.0176. The van der Waals surface area contributed by atoms with Crippen LogP contribution in [0.25, 0.3) is 0 Å². The first kappa shape index (κ1) is 16.6. The fourth-order valence-electron chi connectivity index (χ4n) is 2.91. The van der Waals surface area contributed by atoms with Gasteiger partial charge in [0.05, 0.1) is 5.41 Å². The summed E-state index contributed by atoms with van der Waals surface area (Å²) in [5, 5.41) is 5.44. The predicted octanol–water partition coefficient (Wildman–Crippen LogP) is 2.24. The number of carbonyl (C=O) groups excluding carboxylic acids is 1. The lowest BCUT2D eigenvalue weighted by atomic mass is 9.81. The molecule has 0 bridgehead atoms. The zero-order chi connectivity index (χ0) is 17.2. The van der Waals surface area contributed by atoms with Crippen LogP contribution >= 0.6 is 11.3 Å². The molecule has 1 aliphatic rings. The molecule has 1 atom stereocenters. The molecule has 1 N–H and O–H groups in total. The maximum Gasteiger partial charge on any atom is 0.233 e. The maximum atomic E-state index is 12.7. The number of thiazole rings is 1. The van der Waals surface area contributed by atoms with Gasteiger partial charge in [0.1, 0.15) is 18.0 Å². The highest BCUT2D eigenvalue weighted by atomic mass is 32.1. The van der Waals surface area contributed by atoms with E-state index in [9.17, 15) is 4.79 Å². The van der Waals surface area contributed by atoms with E-state index in [1.807, 2.05) is 37.4 Å². The Morgan fingerprint density at radius 3 is 2.92 bits per heavy atom. The quantitative estimate of drug-likeness (QED) is 0.915. The van der Waals surface area contributed by atoms with Crippen molar-refractivity contribution in [3.8, 4) is 0 Å². The minimum atomic E-state index is -0.465. The van der Waals surface area contributed by atoms with Crippen molar-refractivity contribution < 1.29 is 4.79 Å². The third kappa shape index (κ3) is 3.48. The normalized spacial score (nSPS) is 20.7. The number of hydrogen-bond donors (Lipinski definition) is 1. The highest BCUT2D eigenvalue weighted by Crippen LogP contribution is 2.33. The number of hydrogen-bond acceptors (Lipinski definition) is 7. The standard InChI is InChI=1S/C16H22N6OS/c1-16(14(23)20-15-17-6-8-24-15)5-4-7-22(10-16)13-9-12(21(2)3)18-11-19-13/h6,8-9,11H,4-5,7,10H2,1-3H3,(H,17,20,23). The Labute approximate surface area is 145 Å². The maximum absolute atomic E-state index is 12.7. The summed E-state index contributed by atoms with van der Waals surface area (Å²) in [4.78, 5) is 29.6. The fraction of sp³-hybridized carbons (Fsp3) is 0.500. The van der Waals surface area contributed by atoms with Crippen LogP contribution in [0, 0.1) is 5.41 Å². The lowest BCUT2D eigenvalue weighted by Crippen LogP contribution is -2.48. The molecule has 8 heteroatoms. The Hall–Kier alpha value is -2.22. The van der Waals surface area contributed by atoms with Crippen LogP contribution in [0.2, 0.25) is 0 Å². The molecule has 2 aromatic heterocycles. The molecule has 1 aliphatic heterocycles. The molecule has 24 heavy (non-hydrogen) atoms. The molecule has 1 unspecified atom stereocenters. The van der Waals surface area contributed by atoms with Crippen LogP contribution in [0.1, 0.15) is 19.8 Å². The summed E-state index contributed by atoms with van der Waals surface area (Å²) in [5.41, 5.74) is -0.465. The number of nitrogens with zero attached hydrogens (tertiary/aromatic N) is 5. The van der Waals surface area contributed by atoms with Crippen LogP contribution in [-0.4, -0.2) is 48.0 Å². The number of amides is 1. The van der Waals surface area contributed by atoms with Crippen LogP contribution in [0.3, 0.4) is 0 Å². The fourth-order valence-corrected chi connectivity index (χ4v) is 3.43. The Kier molecular flexibility index (Phi) is 4.66. The Morgan fingerprint density at radius 1 is 1.38 bits per heavy atom. The van der Waals surface area contributed by atoms with Gasteiger partial charge >= 0.3 is 0 Å². The summed E-state index contributed by atoms with van der Waals surface area (Å²) >= 11 is 1.43. The average Bonchev–Trinajstić information content (AvgIpc) is 3.08. The van der Waals surface area contributed by atoms with Gasteiger partial charge in [0.15, 0.2) is 5.13 Å². The number of rotatable bonds is 4. The average molecular weight is 346 g/mol. The number of anilines is 3. The van der Waals surface area contributed by atoms with Gasteiger partial charge in [-0.2, -0.15) is 0 Å². The van der Waals surface area contributed by atoms with Crippen molar-refractivity contribution in [3.63, 3.8) is 0 Å². The van der Waals surface area contributed by atoms with Crippen molar-refractivity contribution >= 4 is 34.0 Å². The molecule has 0 saturated carbocycles. The van der Waals surface area contributed by atoms with Gasteiger partial charge in [0.25, 0.3) is 0 Å². The third-order valence-electron chi connectivity index (χ3n) is 4.32. The van der Waals surface area contributed by atoms with Gasteiger partial charge in [-0.1, -0.05) is 0 Å². The zero-order valence-corrected chi connectivity index (χ0v) is 15.0. The van der Waals surface area contributed by atoms with Gasteiger partial charge < -0.3 is 15.1 Å². The summed E-state index contributed by atoms with van der Waals surface area (Å²) in [7, 11) is 3.90. The molecular weight excluding hydrogens is 324 g/mol. The molecule has 0 aliphatic carbocycles.